The molecule has 1 amide bonds. The highest BCUT2D eigenvalue weighted by molar-refractivity contribution is 9.11. The summed E-state index contributed by atoms with van der Waals surface area (Å²) in [5.41, 5.74) is 0. The zero-order valence-electron chi connectivity index (χ0n) is 10.4. The van der Waals surface area contributed by atoms with Crippen molar-refractivity contribution in [3.05, 3.63) is 20.8 Å². The minimum absolute atomic E-state index is 0.0799. The minimum atomic E-state index is 0.0799. The van der Waals surface area contributed by atoms with Crippen molar-refractivity contribution in [2.45, 2.75) is 31.8 Å². The summed E-state index contributed by atoms with van der Waals surface area (Å²) in [6, 6.07) is 4.61. The molecule has 3 saturated heterocycles. The molecule has 2 atom stereocenters. The molecule has 1 aromatic heterocycles. The van der Waals surface area contributed by atoms with Crippen LogP contribution in [0, 0.1) is 5.92 Å². The lowest BCUT2D eigenvalue weighted by Gasteiger charge is -2.49. The lowest BCUT2D eigenvalue weighted by atomic mass is 9.77. The van der Waals surface area contributed by atoms with Crippen molar-refractivity contribution in [2.24, 2.45) is 5.92 Å². The fourth-order valence-electron chi connectivity index (χ4n) is 3.20. The largest absolute Gasteiger partial charge is 0.347 e. The predicted molar refractivity (Wildman–Crippen MR) is 77.0 cm³/mol. The first-order valence-electron chi connectivity index (χ1n) is 6.45. The number of nitrogens with zero attached hydrogens (tertiary/aromatic N) is 1. The molecule has 1 N–H and O–H groups in total. The third kappa shape index (κ3) is 2.24. The molecule has 0 aromatic carbocycles. The second-order valence-electron chi connectivity index (χ2n) is 5.22. The first-order chi connectivity index (χ1) is 8.65. The molecule has 1 aromatic rings. The maximum Gasteiger partial charge on any atom is 0.261 e. The number of thiophene rings is 1. The van der Waals surface area contributed by atoms with E-state index in [0.29, 0.717) is 18.0 Å². The van der Waals surface area contributed by atoms with Gasteiger partial charge in [0.25, 0.3) is 5.91 Å². The Bertz CT molecular complexity index is 452. The van der Waals surface area contributed by atoms with E-state index in [1.54, 1.807) is 0 Å². The third-order valence-corrected chi connectivity index (χ3v) is 5.89. The van der Waals surface area contributed by atoms with Crippen LogP contribution in [0.1, 0.15) is 29.4 Å². The summed E-state index contributed by atoms with van der Waals surface area (Å²) < 4.78 is 1.01. The molecule has 0 spiro atoms. The van der Waals surface area contributed by atoms with Gasteiger partial charge in [-0.25, -0.2) is 0 Å². The third-order valence-electron chi connectivity index (χ3n) is 4.27. The number of nitrogens with one attached hydrogen (secondary N) is 1. The predicted octanol–water partition coefficient (Wildman–Crippen LogP) is 2.72. The summed E-state index contributed by atoms with van der Waals surface area (Å²) in [6.07, 6.45) is 2.45. The van der Waals surface area contributed by atoms with Gasteiger partial charge in [-0.1, -0.05) is 0 Å². The number of hydrogen-bond acceptors (Lipinski definition) is 3. The van der Waals surface area contributed by atoms with E-state index in [1.165, 1.54) is 37.3 Å². The van der Waals surface area contributed by atoms with Gasteiger partial charge in [0, 0.05) is 12.1 Å². The fraction of sp³-hybridized carbons (Fsp3) is 0.615. The molecule has 2 bridgehead atoms. The van der Waals surface area contributed by atoms with E-state index in [0.717, 1.165) is 8.66 Å². The number of carbonyl (C=O) groups excluding carboxylic acids is 1. The van der Waals surface area contributed by atoms with Crippen molar-refractivity contribution in [2.75, 3.05) is 13.1 Å². The molecule has 3 nitrogen and oxygen atoms in total. The van der Waals surface area contributed by atoms with Crippen LogP contribution < -0.4 is 5.32 Å². The molecule has 0 radical (unpaired) electrons. The van der Waals surface area contributed by atoms with Crippen LogP contribution in [0.2, 0.25) is 0 Å². The van der Waals surface area contributed by atoms with Crippen molar-refractivity contribution >= 4 is 33.2 Å². The summed E-state index contributed by atoms with van der Waals surface area (Å²) in [4.78, 5) is 15.5. The zero-order valence-corrected chi connectivity index (χ0v) is 12.8. The molecule has 98 valence electrons. The zero-order chi connectivity index (χ0) is 12.7. The summed E-state index contributed by atoms with van der Waals surface area (Å²) in [7, 11) is 0. The first kappa shape index (κ1) is 12.6. The highest BCUT2D eigenvalue weighted by atomic mass is 79.9. The van der Waals surface area contributed by atoms with E-state index in [9.17, 15) is 4.79 Å². The molecule has 5 heteroatoms. The fourth-order valence-corrected chi connectivity index (χ4v) is 4.49. The average molecular weight is 328 g/mol. The van der Waals surface area contributed by atoms with Crippen molar-refractivity contribution in [1.29, 1.82) is 0 Å². The van der Waals surface area contributed by atoms with Gasteiger partial charge in [-0.3, -0.25) is 9.69 Å². The second kappa shape index (κ2) is 4.94. The van der Waals surface area contributed by atoms with Crippen LogP contribution in [-0.2, 0) is 0 Å². The van der Waals surface area contributed by atoms with E-state index in [2.05, 4.69) is 33.1 Å². The van der Waals surface area contributed by atoms with Gasteiger partial charge in [0.05, 0.1) is 8.66 Å². The van der Waals surface area contributed by atoms with Crippen molar-refractivity contribution in [1.82, 2.24) is 10.2 Å². The molecular weight excluding hydrogens is 311 g/mol. The number of carbonyl (C=O) groups is 1. The highest BCUT2D eigenvalue weighted by Crippen LogP contribution is 2.32. The Morgan fingerprint density at radius 1 is 1.44 bits per heavy atom. The smallest absolute Gasteiger partial charge is 0.261 e. The molecule has 4 rings (SSSR count). The quantitative estimate of drug-likeness (QED) is 0.905. The lowest BCUT2D eigenvalue weighted by molar-refractivity contribution is 0.0218. The number of halogens is 1. The number of piperidine rings is 3. The molecule has 18 heavy (non-hydrogen) atoms. The monoisotopic (exact) mass is 327 g/mol. The average Bonchev–Trinajstić information content (AvgIpc) is 2.81. The lowest BCUT2D eigenvalue weighted by Crippen LogP contribution is -2.62. The summed E-state index contributed by atoms with van der Waals surface area (Å²) >= 11 is 4.90. The Balaban J connectivity index is 1.71. The maximum absolute atomic E-state index is 12.2. The normalized spacial score (nSPS) is 34.6. The van der Waals surface area contributed by atoms with Crippen molar-refractivity contribution in [3.8, 4) is 0 Å². The standard InChI is InChI=1S/C13H17BrN2OS/c1-8-12(9-4-6-16(8)7-5-9)15-13(17)10-2-3-11(14)18-10/h2-3,8-9,12H,4-7H2,1H3,(H,15,17)/t8-,12-/m0/s1/i13-1. The van der Waals surface area contributed by atoms with E-state index < -0.39 is 0 Å². The summed E-state index contributed by atoms with van der Waals surface area (Å²) in [5, 5.41) is 3.24. The SMILES string of the molecule is C[C@H]1[C@H](N[11C](=O)c2ccc(Br)s2)C2CCN1CC2. The molecule has 3 aliphatic heterocycles. The first-order valence-corrected chi connectivity index (χ1v) is 8.06. The van der Waals surface area contributed by atoms with E-state index >= 15 is 0 Å². The van der Waals surface area contributed by atoms with Crippen LogP contribution in [0.4, 0.5) is 0 Å². The van der Waals surface area contributed by atoms with E-state index in [1.807, 2.05) is 12.1 Å². The van der Waals surface area contributed by atoms with Crippen molar-refractivity contribution in [3.63, 3.8) is 0 Å². The van der Waals surface area contributed by atoms with Crippen LogP contribution in [0.3, 0.4) is 0 Å². The Kier molecular flexibility index (Phi) is 3.47. The molecule has 0 saturated carbocycles. The van der Waals surface area contributed by atoms with Gasteiger partial charge in [0.1, 0.15) is 0 Å². The number of fused-ring (bicyclic) bond motifs is 3. The van der Waals surface area contributed by atoms with Gasteiger partial charge in [0.2, 0.25) is 0 Å². The Morgan fingerprint density at radius 2 is 2.17 bits per heavy atom. The molecule has 3 aliphatic rings. The van der Waals surface area contributed by atoms with Crippen molar-refractivity contribution < 1.29 is 4.79 Å². The van der Waals surface area contributed by atoms with Gasteiger partial charge in [-0.2, -0.15) is 0 Å². The summed E-state index contributed by atoms with van der Waals surface area (Å²) in [5.74, 6) is 0.744. The molecule has 3 fully saturated rings. The van der Waals surface area contributed by atoms with Gasteiger partial charge < -0.3 is 5.32 Å². The Morgan fingerprint density at radius 3 is 2.72 bits per heavy atom. The highest BCUT2D eigenvalue weighted by Gasteiger charge is 2.40. The van der Waals surface area contributed by atoms with Crippen LogP contribution in [0.15, 0.2) is 15.9 Å². The topological polar surface area (TPSA) is 32.3 Å². The van der Waals surface area contributed by atoms with E-state index in [4.69, 9.17) is 0 Å². The van der Waals surface area contributed by atoms with Gasteiger partial charge >= 0.3 is 0 Å². The number of rotatable bonds is 2. The molecule has 4 heterocycles. The molecular formula is C13H17BrN2OS. The van der Waals surface area contributed by atoms with E-state index in [-0.39, 0.29) is 5.91 Å². The number of amides is 1. The maximum atomic E-state index is 12.2. The molecule has 0 unspecified atom stereocenters. The van der Waals surface area contributed by atoms with Gasteiger partial charge in [-0.05, 0) is 66.8 Å². The van der Waals surface area contributed by atoms with Crippen LogP contribution in [-0.4, -0.2) is 36.0 Å². The van der Waals surface area contributed by atoms with Crippen LogP contribution in [0.5, 0.6) is 0 Å². The Labute approximate surface area is 120 Å². The Hall–Kier alpha value is -0.390. The second-order valence-corrected chi connectivity index (χ2v) is 7.68. The number of hydrogen-bond donors (Lipinski definition) is 1. The van der Waals surface area contributed by atoms with Crippen LogP contribution in [0.25, 0.3) is 0 Å². The minimum Gasteiger partial charge on any atom is -0.347 e. The molecule has 0 aliphatic carbocycles. The van der Waals surface area contributed by atoms with Crippen LogP contribution >= 0.6 is 27.3 Å². The van der Waals surface area contributed by atoms with Gasteiger partial charge in [-0.15, -0.1) is 11.3 Å². The van der Waals surface area contributed by atoms with Gasteiger partial charge in [0.15, 0.2) is 0 Å². The summed E-state index contributed by atoms with van der Waals surface area (Å²) in [6.45, 7) is 4.63.